The fourth-order valence-electron chi connectivity index (χ4n) is 1.33. The van der Waals surface area contributed by atoms with Crippen molar-refractivity contribution in [2.45, 2.75) is 33.6 Å². The van der Waals surface area contributed by atoms with E-state index in [9.17, 15) is 8.42 Å². The lowest BCUT2D eigenvalue weighted by Gasteiger charge is -2.22. The maximum absolute atomic E-state index is 11.7. The lowest BCUT2D eigenvalue weighted by molar-refractivity contribution is 0.393. The Kier molecular flexibility index (Phi) is 3.55. The summed E-state index contributed by atoms with van der Waals surface area (Å²) in [5, 5.41) is 0. The first kappa shape index (κ1) is 11.9. The van der Waals surface area contributed by atoms with Crippen LogP contribution in [0.3, 0.4) is 0 Å². The van der Waals surface area contributed by atoms with Crippen molar-refractivity contribution in [1.29, 1.82) is 0 Å². The Labute approximate surface area is 86.9 Å². The fourth-order valence-corrected chi connectivity index (χ4v) is 2.86. The van der Waals surface area contributed by atoms with Gasteiger partial charge in [-0.05, 0) is 18.3 Å². The third-order valence-corrected chi connectivity index (χ3v) is 3.74. The Morgan fingerprint density at radius 2 is 1.71 bits per heavy atom. The van der Waals surface area contributed by atoms with Crippen LogP contribution in [-0.4, -0.2) is 32.4 Å². The SMILES string of the molecule is CC(C)(C)CNS(=O)(=O)N1CCCC1. The molecule has 14 heavy (non-hydrogen) atoms. The molecule has 84 valence electrons. The van der Waals surface area contributed by atoms with E-state index in [1.807, 2.05) is 20.8 Å². The van der Waals surface area contributed by atoms with Crippen LogP contribution in [0, 0.1) is 5.41 Å². The third-order valence-electron chi connectivity index (χ3n) is 2.19. The van der Waals surface area contributed by atoms with Gasteiger partial charge in [0.15, 0.2) is 0 Å². The van der Waals surface area contributed by atoms with Gasteiger partial charge in [-0.25, -0.2) is 4.72 Å². The van der Waals surface area contributed by atoms with Gasteiger partial charge in [-0.2, -0.15) is 12.7 Å². The molecule has 0 aliphatic carbocycles. The Balaban J connectivity index is 2.50. The molecule has 0 radical (unpaired) electrons. The zero-order valence-corrected chi connectivity index (χ0v) is 10.0. The average Bonchev–Trinajstić information content (AvgIpc) is 2.52. The molecule has 0 saturated carbocycles. The maximum atomic E-state index is 11.7. The zero-order valence-electron chi connectivity index (χ0n) is 9.21. The van der Waals surface area contributed by atoms with E-state index in [1.54, 1.807) is 0 Å². The van der Waals surface area contributed by atoms with Gasteiger partial charge >= 0.3 is 0 Å². The van der Waals surface area contributed by atoms with E-state index in [-0.39, 0.29) is 5.41 Å². The van der Waals surface area contributed by atoms with E-state index in [2.05, 4.69) is 4.72 Å². The topological polar surface area (TPSA) is 49.4 Å². The predicted octanol–water partition coefficient (Wildman–Crippen LogP) is 0.963. The molecule has 0 aromatic rings. The van der Waals surface area contributed by atoms with Crippen LogP contribution in [0.15, 0.2) is 0 Å². The van der Waals surface area contributed by atoms with Crippen LogP contribution in [0.5, 0.6) is 0 Å². The summed E-state index contributed by atoms with van der Waals surface area (Å²) in [6.45, 7) is 7.86. The van der Waals surface area contributed by atoms with Crippen LogP contribution in [0.1, 0.15) is 33.6 Å². The molecule has 1 saturated heterocycles. The second-order valence-corrected chi connectivity index (χ2v) is 6.75. The molecule has 0 aromatic carbocycles. The summed E-state index contributed by atoms with van der Waals surface area (Å²) >= 11 is 0. The molecule has 0 atom stereocenters. The minimum Gasteiger partial charge on any atom is -0.202 e. The Morgan fingerprint density at radius 3 is 2.14 bits per heavy atom. The molecule has 0 bridgehead atoms. The first-order valence-corrected chi connectivity index (χ1v) is 6.50. The molecule has 1 fully saturated rings. The molecule has 0 amide bonds. The van der Waals surface area contributed by atoms with Gasteiger partial charge in [0, 0.05) is 19.6 Å². The van der Waals surface area contributed by atoms with Crippen molar-refractivity contribution >= 4 is 10.2 Å². The third kappa shape index (κ3) is 3.55. The highest BCUT2D eigenvalue weighted by Crippen LogP contribution is 2.14. The summed E-state index contributed by atoms with van der Waals surface area (Å²) in [4.78, 5) is 0. The summed E-state index contributed by atoms with van der Waals surface area (Å²) in [7, 11) is -3.21. The van der Waals surface area contributed by atoms with E-state index >= 15 is 0 Å². The average molecular weight is 220 g/mol. The quantitative estimate of drug-likeness (QED) is 0.770. The van der Waals surface area contributed by atoms with Gasteiger partial charge in [0.25, 0.3) is 10.2 Å². The summed E-state index contributed by atoms with van der Waals surface area (Å²) in [5.41, 5.74) is -0.00715. The van der Waals surface area contributed by atoms with Crippen LogP contribution >= 0.6 is 0 Å². The van der Waals surface area contributed by atoms with Crippen LogP contribution in [-0.2, 0) is 10.2 Å². The van der Waals surface area contributed by atoms with Crippen molar-refractivity contribution in [1.82, 2.24) is 9.03 Å². The van der Waals surface area contributed by atoms with Crippen LogP contribution < -0.4 is 4.72 Å². The molecule has 1 aliphatic rings. The molecular formula is C9H20N2O2S. The summed E-state index contributed by atoms with van der Waals surface area (Å²) in [6, 6.07) is 0. The monoisotopic (exact) mass is 220 g/mol. The van der Waals surface area contributed by atoms with Crippen molar-refractivity contribution in [2.75, 3.05) is 19.6 Å². The molecule has 1 N–H and O–H groups in total. The van der Waals surface area contributed by atoms with E-state index in [0.717, 1.165) is 12.8 Å². The smallest absolute Gasteiger partial charge is 0.202 e. The second kappa shape index (κ2) is 4.16. The van der Waals surface area contributed by atoms with Crippen molar-refractivity contribution in [2.24, 2.45) is 5.41 Å². The van der Waals surface area contributed by atoms with E-state index in [1.165, 1.54) is 4.31 Å². The van der Waals surface area contributed by atoms with E-state index in [4.69, 9.17) is 0 Å². The number of rotatable bonds is 3. The molecule has 1 heterocycles. The highest BCUT2D eigenvalue weighted by atomic mass is 32.2. The summed E-state index contributed by atoms with van der Waals surface area (Å²) in [6.07, 6.45) is 1.97. The Bertz CT molecular complexity index is 274. The highest BCUT2D eigenvalue weighted by molar-refractivity contribution is 7.87. The maximum Gasteiger partial charge on any atom is 0.279 e. The van der Waals surface area contributed by atoms with E-state index < -0.39 is 10.2 Å². The first-order valence-electron chi connectivity index (χ1n) is 5.06. The molecule has 4 nitrogen and oxygen atoms in total. The number of nitrogens with zero attached hydrogens (tertiary/aromatic N) is 1. The molecule has 0 aromatic heterocycles. The highest BCUT2D eigenvalue weighted by Gasteiger charge is 2.26. The van der Waals surface area contributed by atoms with Gasteiger partial charge in [-0.3, -0.25) is 0 Å². The zero-order chi connectivity index (χ0) is 10.8. The number of hydrogen-bond donors (Lipinski definition) is 1. The lowest BCUT2D eigenvalue weighted by atomic mass is 9.98. The second-order valence-electron chi connectivity index (χ2n) is 4.99. The van der Waals surface area contributed by atoms with Gasteiger partial charge < -0.3 is 0 Å². The molecule has 0 spiro atoms. The first-order chi connectivity index (χ1) is 6.31. The van der Waals surface area contributed by atoms with Gasteiger partial charge in [-0.1, -0.05) is 20.8 Å². The van der Waals surface area contributed by atoms with Gasteiger partial charge in [0.1, 0.15) is 0 Å². The lowest BCUT2D eigenvalue weighted by Crippen LogP contribution is -2.42. The molecule has 5 heteroatoms. The normalized spacial score (nSPS) is 20.2. The molecule has 1 aliphatic heterocycles. The Hall–Kier alpha value is -0.130. The minimum atomic E-state index is -3.21. The summed E-state index contributed by atoms with van der Waals surface area (Å²) < 4.78 is 27.6. The van der Waals surface area contributed by atoms with E-state index in [0.29, 0.717) is 19.6 Å². The largest absolute Gasteiger partial charge is 0.279 e. The minimum absolute atomic E-state index is 0.00715. The van der Waals surface area contributed by atoms with Crippen LogP contribution in [0.25, 0.3) is 0 Å². The molecule has 0 unspecified atom stereocenters. The molecular weight excluding hydrogens is 200 g/mol. The molecule has 1 rings (SSSR count). The number of nitrogens with one attached hydrogen (secondary N) is 1. The van der Waals surface area contributed by atoms with Crippen molar-refractivity contribution in [3.63, 3.8) is 0 Å². The standard InChI is InChI=1S/C9H20N2O2S/c1-9(2,3)8-10-14(12,13)11-6-4-5-7-11/h10H,4-8H2,1-3H3. The van der Waals surface area contributed by atoms with Crippen molar-refractivity contribution < 1.29 is 8.42 Å². The van der Waals surface area contributed by atoms with Gasteiger partial charge in [0.05, 0.1) is 0 Å². The van der Waals surface area contributed by atoms with Crippen molar-refractivity contribution in [3.05, 3.63) is 0 Å². The Morgan fingerprint density at radius 1 is 1.21 bits per heavy atom. The van der Waals surface area contributed by atoms with Crippen LogP contribution in [0.2, 0.25) is 0 Å². The van der Waals surface area contributed by atoms with Gasteiger partial charge in [0.2, 0.25) is 0 Å². The van der Waals surface area contributed by atoms with Crippen molar-refractivity contribution in [3.8, 4) is 0 Å². The summed E-state index contributed by atoms with van der Waals surface area (Å²) in [5.74, 6) is 0. The fraction of sp³-hybridized carbons (Fsp3) is 1.00. The van der Waals surface area contributed by atoms with Gasteiger partial charge in [-0.15, -0.1) is 0 Å². The predicted molar refractivity (Wildman–Crippen MR) is 57.2 cm³/mol. The van der Waals surface area contributed by atoms with Crippen LogP contribution in [0.4, 0.5) is 0 Å². The number of hydrogen-bond acceptors (Lipinski definition) is 2.